The number of rotatable bonds is 4. The molecule has 0 aliphatic carbocycles. The van der Waals surface area contributed by atoms with Gasteiger partial charge in [0.2, 0.25) is 5.91 Å². The summed E-state index contributed by atoms with van der Waals surface area (Å²) >= 11 is 0. The SMILES string of the molecule is Cn1cc(C(=O)NNC(=O)Cc2ccccc2[N+](=O)[O-])c2ccccc21. The third kappa shape index (κ3) is 3.39. The van der Waals surface area contributed by atoms with Crippen molar-refractivity contribution in [3.8, 4) is 0 Å². The number of hydrogen-bond donors (Lipinski definition) is 2. The third-order valence-electron chi connectivity index (χ3n) is 4.00. The number of carbonyl (C=O) groups is 2. The Morgan fingerprint density at radius 2 is 1.77 bits per heavy atom. The number of hydrazine groups is 1. The second kappa shape index (κ2) is 7.06. The van der Waals surface area contributed by atoms with Gasteiger partial charge in [-0.2, -0.15) is 0 Å². The Labute approximate surface area is 148 Å². The van der Waals surface area contributed by atoms with Crippen molar-refractivity contribution in [1.29, 1.82) is 0 Å². The van der Waals surface area contributed by atoms with E-state index in [9.17, 15) is 19.7 Å². The summed E-state index contributed by atoms with van der Waals surface area (Å²) in [6.07, 6.45) is 1.46. The Kier molecular flexibility index (Phi) is 4.66. The van der Waals surface area contributed by atoms with Gasteiger partial charge < -0.3 is 4.57 Å². The number of nitro groups is 1. The van der Waals surface area contributed by atoms with E-state index in [4.69, 9.17) is 0 Å². The van der Waals surface area contributed by atoms with Crippen molar-refractivity contribution in [3.63, 3.8) is 0 Å². The summed E-state index contributed by atoms with van der Waals surface area (Å²) in [4.78, 5) is 34.8. The summed E-state index contributed by atoms with van der Waals surface area (Å²) < 4.78 is 1.82. The summed E-state index contributed by atoms with van der Waals surface area (Å²) in [5.41, 5.74) is 6.10. The molecule has 0 bridgehead atoms. The molecule has 1 heterocycles. The molecule has 0 spiro atoms. The number of nitrogens with zero attached hydrogens (tertiary/aromatic N) is 2. The molecule has 0 saturated carbocycles. The minimum absolute atomic E-state index is 0.136. The zero-order valence-electron chi connectivity index (χ0n) is 13.9. The van der Waals surface area contributed by atoms with Crippen molar-refractivity contribution < 1.29 is 14.5 Å². The van der Waals surface area contributed by atoms with Gasteiger partial charge in [-0.15, -0.1) is 0 Å². The molecule has 0 aliphatic rings. The van der Waals surface area contributed by atoms with Crippen LogP contribution in [0.1, 0.15) is 15.9 Å². The molecule has 2 N–H and O–H groups in total. The van der Waals surface area contributed by atoms with Gasteiger partial charge in [-0.25, -0.2) is 0 Å². The van der Waals surface area contributed by atoms with E-state index in [1.165, 1.54) is 18.2 Å². The first-order chi connectivity index (χ1) is 12.5. The monoisotopic (exact) mass is 352 g/mol. The average molecular weight is 352 g/mol. The van der Waals surface area contributed by atoms with E-state index >= 15 is 0 Å². The number of fused-ring (bicyclic) bond motifs is 1. The molecule has 1 aromatic heterocycles. The van der Waals surface area contributed by atoms with Crippen LogP contribution in [0, 0.1) is 10.1 Å². The normalized spacial score (nSPS) is 10.5. The summed E-state index contributed by atoms with van der Waals surface area (Å²) in [5.74, 6) is -1.01. The maximum Gasteiger partial charge on any atom is 0.273 e. The molecule has 0 radical (unpaired) electrons. The molecule has 2 amide bonds. The van der Waals surface area contributed by atoms with E-state index in [1.54, 1.807) is 12.3 Å². The van der Waals surface area contributed by atoms with Crippen molar-refractivity contribution in [3.05, 3.63) is 76.0 Å². The fraction of sp³-hybridized carbons (Fsp3) is 0.111. The van der Waals surface area contributed by atoms with E-state index in [0.29, 0.717) is 5.56 Å². The molecule has 2 aromatic carbocycles. The van der Waals surface area contributed by atoms with Gasteiger partial charge in [0.25, 0.3) is 11.6 Å². The van der Waals surface area contributed by atoms with Crippen molar-refractivity contribution in [2.75, 3.05) is 0 Å². The lowest BCUT2D eigenvalue weighted by molar-refractivity contribution is -0.385. The van der Waals surface area contributed by atoms with E-state index in [1.807, 2.05) is 35.9 Å². The van der Waals surface area contributed by atoms with Crippen molar-refractivity contribution in [2.45, 2.75) is 6.42 Å². The van der Waals surface area contributed by atoms with Gasteiger partial charge in [0.05, 0.1) is 16.9 Å². The van der Waals surface area contributed by atoms with Crippen LogP contribution in [-0.2, 0) is 18.3 Å². The van der Waals surface area contributed by atoms with Crippen molar-refractivity contribution in [1.82, 2.24) is 15.4 Å². The molecule has 0 saturated heterocycles. The second-order valence-electron chi connectivity index (χ2n) is 5.74. The van der Waals surface area contributed by atoms with Gasteiger partial charge in [-0.05, 0) is 6.07 Å². The van der Waals surface area contributed by atoms with Crippen LogP contribution in [0.3, 0.4) is 0 Å². The third-order valence-corrected chi connectivity index (χ3v) is 4.00. The first-order valence-electron chi connectivity index (χ1n) is 7.83. The maximum absolute atomic E-state index is 12.4. The number of aryl methyl sites for hydroxylation is 1. The smallest absolute Gasteiger partial charge is 0.273 e. The number of carbonyl (C=O) groups excluding carboxylic acids is 2. The first kappa shape index (κ1) is 17.2. The van der Waals surface area contributed by atoms with Gasteiger partial charge in [-0.1, -0.05) is 36.4 Å². The zero-order valence-corrected chi connectivity index (χ0v) is 13.9. The van der Waals surface area contributed by atoms with Crippen LogP contribution < -0.4 is 10.9 Å². The molecule has 0 fully saturated rings. The van der Waals surface area contributed by atoms with E-state index in [2.05, 4.69) is 10.9 Å². The molecule has 8 nitrogen and oxygen atoms in total. The number of para-hydroxylation sites is 2. The summed E-state index contributed by atoms with van der Waals surface area (Å²) in [5, 5.41) is 11.7. The van der Waals surface area contributed by atoms with E-state index in [-0.39, 0.29) is 17.7 Å². The van der Waals surface area contributed by atoms with Crippen LogP contribution >= 0.6 is 0 Å². The lowest BCUT2D eigenvalue weighted by atomic mass is 10.1. The number of hydrogen-bond acceptors (Lipinski definition) is 4. The predicted molar refractivity (Wildman–Crippen MR) is 95.3 cm³/mol. The van der Waals surface area contributed by atoms with Crippen LogP contribution in [-0.4, -0.2) is 21.3 Å². The average Bonchev–Trinajstić information content (AvgIpc) is 2.97. The highest BCUT2D eigenvalue weighted by molar-refractivity contribution is 6.07. The minimum atomic E-state index is -0.548. The Balaban J connectivity index is 1.68. The molecule has 8 heteroatoms. The quantitative estimate of drug-likeness (QED) is 0.554. The molecule has 132 valence electrons. The van der Waals surface area contributed by atoms with Crippen LogP contribution in [0.2, 0.25) is 0 Å². The van der Waals surface area contributed by atoms with E-state index in [0.717, 1.165) is 10.9 Å². The molecule has 3 rings (SSSR count). The zero-order chi connectivity index (χ0) is 18.7. The van der Waals surface area contributed by atoms with Gasteiger partial charge in [-0.3, -0.25) is 30.6 Å². The molecular weight excluding hydrogens is 336 g/mol. The van der Waals surface area contributed by atoms with Crippen molar-refractivity contribution in [2.24, 2.45) is 7.05 Å². The standard InChI is InChI=1S/C18H16N4O4/c1-21-11-14(13-7-3-5-9-16(13)21)18(24)20-19-17(23)10-12-6-2-4-8-15(12)22(25)26/h2-9,11H,10H2,1H3,(H,19,23)(H,20,24). The largest absolute Gasteiger partial charge is 0.350 e. The lowest BCUT2D eigenvalue weighted by Crippen LogP contribution is -2.42. The minimum Gasteiger partial charge on any atom is -0.350 e. The highest BCUT2D eigenvalue weighted by Crippen LogP contribution is 2.20. The van der Waals surface area contributed by atoms with Crippen LogP contribution in [0.15, 0.2) is 54.7 Å². The first-order valence-corrected chi connectivity index (χ1v) is 7.83. The summed E-state index contributed by atoms with van der Waals surface area (Å²) in [6.45, 7) is 0. The molecule has 0 unspecified atom stereocenters. The lowest BCUT2D eigenvalue weighted by Gasteiger charge is -2.07. The Morgan fingerprint density at radius 3 is 2.54 bits per heavy atom. The van der Waals surface area contributed by atoms with E-state index < -0.39 is 16.7 Å². The van der Waals surface area contributed by atoms with Crippen LogP contribution in [0.5, 0.6) is 0 Å². The fourth-order valence-electron chi connectivity index (χ4n) is 2.77. The maximum atomic E-state index is 12.4. The highest BCUT2D eigenvalue weighted by Gasteiger charge is 2.17. The highest BCUT2D eigenvalue weighted by atomic mass is 16.6. The Hall–Kier alpha value is -3.68. The Morgan fingerprint density at radius 1 is 1.08 bits per heavy atom. The van der Waals surface area contributed by atoms with Gasteiger partial charge in [0.15, 0.2) is 0 Å². The van der Waals surface area contributed by atoms with Crippen molar-refractivity contribution >= 4 is 28.4 Å². The van der Waals surface area contributed by atoms with Crippen LogP contribution in [0.25, 0.3) is 10.9 Å². The molecular formula is C18H16N4O4. The number of aromatic nitrogens is 1. The molecule has 3 aromatic rings. The van der Waals surface area contributed by atoms with Gasteiger partial charge in [0, 0.05) is 35.8 Å². The molecule has 0 atom stereocenters. The topological polar surface area (TPSA) is 106 Å². The summed E-state index contributed by atoms with van der Waals surface area (Å²) in [6, 6.07) is 13.4. The number of nitrogens with one attached hydrogen (secondary N) is 2. The number of amides is 2. The van der Waals surface area contributed by atoms with Crippen LogP contribution in [0.4, 0.5) is 5.69 Å². The van der Waals surface area contributed by atoms with Gasteiger partial charge >= 0.3 is 0 Å². The second-order valence-corrected chi connectivity index (χ2v) is 5.74. The molecule has 0 aliphatic heterocycles. The number of benzene rings is 2. The fourth-order valence-corrected chi connectivity index (χ4v) is 2.77. The van der Waals surface area contributed by atoms with Gasteiger partial charge in [0.1, 0.15) is 0 Å². The summed E-state index contributed by atoms with van der Waals surface area (Å²) in [7, 11) is 1.83. The molecule has 26 heavy (non-hydrogen) atoms. The predicted octanol–water partition coefficient (Wildman–Crippen LogP) is 2.09. The Bertz CT molecular complexity index is 1010. The number of nitro benzene ring substituents is 1.